The van der Waals surface area contributed by atoms with E-state index in [0.29, 0.717) is 17.0 Å². The summed E-state index contributed by atoms with van der Waals surface area (Å²) in [5.74, 6) is -1.74. The molecular formula is C15H15ClN2O3. The molecule has 2 aromatic rings. The number of hydrogen-bond acceptors (Lipinski definition) is 3. The Bertz CT molecular complexity index is 688. The third kappa shape index (κ3) is 3.70. The molecule has 0 aliphatic heterocycles. The Kier molecular flexibility index (Phi) is 4.75. The highest BCUT2D eigenvalue weighted by atomic mass is 35.5. The molecule has 0 aliphatic rings. The standard InChI is InChI=1S/C15H15ClN2O3/c1-9(15(20)21)6-7-17-14(19)13-8-11(16)10-4-2-3-5-12(10)18-13/h2-5,8-9H,6-7H2,1H3,(H,17,19)(H,20,21). The molecule has 1 amide bonds. The lowest BCUT2D eigenvalue weighted by Gasteiger charge is -2.08. The highest BCUT2D eigenvalue weighted by molar-refractivity contribution is 6.35. The Hall–Kier alpha value is -2.14. The molecule has 1 aromatic heterocycles. The van der Waals surface area contributed by atoms with Gasteiger partial charge in [-0.05, 0) is 18.6 Å². The van der Waals surface area contributed by atoms with E-state index in [-0.39, 0.29) is 18.1 Å². The molecule has 0 saturated carbocycles. The molecule has 0 radical (unpaired) electrons. The largest absolute Gasteiger partial charge is 0.481 e. The van der Waals surface area contributed by atoms with Gasteiger partial charge in [0, 0.05) is 11.9 Å². The SMILES string of the molecule is CC(CCNC(=O)c1cc(Cl)c2ccccc2n1)C(=O)O. The number of rotatable bonds is 5. The Morgan fingerprint density at radius 2 is 2.10 bits per heavy atom. The number of carboxylic acid groups (broad SMARTS) is 1. The first-order valence-corrected chi connectivity index (χ1v) is 6.93. The van der Waals surface area contributed by atoms with E-state index in [0.717, 1.165) is 5.39 Å². The Morgan fingerprint density at radius 1 is 1.38 bits per heavy atom. The van der Waals surface area contributed by atoms with Gasteiger partial charge in [0.2, 0.25) is 0 Å². The van der Waals surface area contributed by atoms with Crippen molar-refractivity contribution in [2.45, 2.75) is 13.3 Å². The van der Waals surface area contributed by atoms with Crippen molar-refractivity contribution in [1.82, 2.24) is 10.3 Å². The van der Waals surface area contributed by atoms with E-state index in [1.165, 1.54) is 6.07 Å². The van der Waals surface area contributed by atoms with E-state index >= 15 is 0 Å². The van der Waals surface area contributed by atoms with Gasteiger partial charge in [-0.25, -0.2) is 4.98 Å². The number of benzene rings is 1. The molecular weight excluding hydrogens is 292 g/mol. The zero-order valence-corrected chi connectivity index (χ0v) is 12.2. The number of nitrogens with one attached hydrogen (secondary N) is 1. The maximum Gasteiger partial charge on any atom is 0.306 e. The van der Waals surface area contributed by atoms with Crippen LogP contribution in [0.3, 0.4) is 0 Å². The highest BCUT2D eigenvalue weighted by Gasteiger charge is 2.13. The number of fused-ring (bicyclic) bond motifs is 1. The molecule has 0 bridgehead atoms. The van der Waals surface area contributed by atoms with Gasteiger partial charge in [0.05, 0.1) is 16.5 Å². The number of pyridine rings is 1. The fourth-order valence-corrected chi connectivity index (χ4v) is 2.13. The van der Waals surface area contributed by atoms with Gasteiger partial charge in [0.15, 0.2) is 0 Å². The third-order valence-electron chi connectivity index (χ3n) is 3.18. The summed E-state index contributed by atoms with van der Waals surface area (Å²) in [6.45, 7) is 1.87. The third-order valence-corrected chi connectivity index (χ3v) is 3.50. The van der Waals surface area contributed by atoms with Crippen molar-refractivity contribution in [2.75, 3.05) is 6.54 Å². The number of para-hydroxylation sites is 1. The first-order chi connectivity index (χ1) is 9.99. The van der Waals surface area contributed by atoms with Crippen molar-refractivity contribution < 1.29 is 14.7 Å². The lowest BCUT2D eigenvalue weighted by Crippen LogP contribution is -2.27. The van der Waals surface area contributed by atoms with Crippen LogP contribution < -0.4 is 5.32 Å². The van der Waals surface area contributed by atoms with Crippen LogP contribution >= 0.6 is 11.6 Å². The van der Waals surface area contributed by atoms with Crippen LogP contribution in [0.15, 0.2) is 30.3 Å². The number of amides is 1. The number of nitrogens with zero attached hydrogens (tertiary/aromatic N) is 1. The predicted octanol–water partition coefficient (Wildman–Crippen LogP) is 2.73. The van der Waals surface area contributed by atoms with Crippen molar-refractivity contribution in [2.24, 2.45) is 5.92 Å². The van der Waals surface area contributed by atoms with Gasteiger partial charge in [0.25, 0.3) is 5.91 Å². The molecule has 1 unspecified atom stereocenters. The monoisotopic (exact) mass is 306 g/mol. The molecule has 21 heavy (non-hydrogen) atoms. The summed E-state index contributed by atoms with van der Waals surface area (Å²) in [4.78, 5) is 27.0. The molecule has 1 heterocycles. The van der Waals surface area contributed by atoms with Gasteiger partial charge < -0.3 is 10.4 Å². The van der Waals surface area contributed by atoms with Crippen LogP contribution in [0.1, 0.15) is 23.8 Å². The quantitative estimate of drug-likeness (QED) is 0.890. The van der Waals surface area contributed by atoms with E-state index < -0.39 is 11.9 Å². The summed E-state index contributed by atoms with van der Waals surface area (Å²) in [7, 11) is 0. The number of aromatic nitrogens is 1. The van der Waals surface area contributed by atoms with E-state index in [1.54, 1.807) is 13.0 Å². The second kappa shape index (κ2) is 6.54. The second-order valence-corrected chi connectivity index (χ2v) is 5.20. The summed E-state index contributed by atoms with van der Waals surface area (Å²) >= 11 is 6.13. The smallest absolute Gasteiger partial charge is 0.306 e. The molecule has 2 rings (SSSR count). The normalized spacial score (nSPS) is 12.1. The van der Waals surface area contributed by atoms with Gasteiger partial charge in [-0.15, -0.1) is 0 Å². The molecule has 6 heteroatoms. The van der Waals surface area contributed by atoms with E-state index in [2.05, 4.69) is 10.3 Å². The molecule has 5 nitrogen and oxygen atoms in total. The predicted molar refractivity (Wildman–Crippen MR) is 80.5 cm³/mol. The average Bonchev–Trinajstić information content (AvgIpc) is 2.46. The number of aliphatic carboxylic acids is 1. The van der Waals surface area contributed by atoms with Gasteiger partial charge in [-0.1, -0.05) is 36.7 Å². The summed E-state index contributed by atoms with van der Waals surface area (Å²) < 4.78 is 0. The van der Waals surface area contributed by atoms with Crippen LogP contribution in [0.5, 0.6) is 0 Å². The van der Waals surface area contributed by atoms with Crippen LogP contribution in [0.2, 0.25) is 5.02 Å². The summed E-state index contributed by atoms with van der Waals surface area (Å²) in [6.07, 6.45) is 0.363. The van der Waals surface area contributed by atoms with E-state index in [4.69, 9.17) is 16.7 Å². The Labute approximate surface area is 126 Å². The van der Waals surface area contributed by atoms with Crippen molar-refractivity contribution in [1.29, 1.82) is 0 Å². The van der Waals surface area contributed by atoms with Crippen LogP contribution in [-0.2, 0) is 4.79 Å². The minimum Gasteiger partial charge on any atom is -0.481 e. The zero-order chi connectivity index (χ0) is 15.4. The number of halogens is 1. The topological polar surface area (TPSA) is 79.3 Å². The van der Waals surface area contributed by atoms with Crippen molar-refractivity contribution >= 4 is 34.4 Å². The van der Waals surface area contributed by atoms with Crippen molar-refractivity contribution in [3.05, 3.63) is 41.0 Å². The maximum absolute atomic E-state index is 12.0. The fourth-order valence-electron chi connectivity index (χ4n) is 1.87. The zero-order valence-electron chi connectivity index (χ0n) is 11.5. The molecule has 0 spiro atoms. The summed E-state index contributed by atoms with van der Waals surface area (Å²) in [6, 6.07) is 8.80. The second-order valence-electron chi connectivity index (χ2n) is 4.79. The maximum atomic E-state index is 12.0. The highest BCUT2D eigenvalue weighted by Crippen LogP contribution is 2.22. The summed E-state index contributed by atoms with van der Waals surface area (Å²) in [5.41, 5.74) is 0.871. The molecule has 1 aromatic carbocycles. The lowest BCUT2D eigenvalue weighted by atomic mass is 10.1. The lowest BCUT2D eigenvalue weighted by molar-refractivity contribution is -0.141. The fraction of sp³-hybridized carbons (Fsp3) is 0.267. The summed E-state index contributed by atoms with van der Waals surface area (Å²) in [5, 5.41) is 12.7. The van der Waals surface area contributed by atoms with Crippen molar-refractivity contribution in [3.63, 3.8) is 0 Å². The van der Waals surface area contributed by atoms with Crippen molar-refractivity contribution in [3.8, 4) is 0 Å². The molecule has 1 atom stereocenters. The van der Waals surface area contributed by atoms with Gasteiger partial charge in [-0.3, -0.25) is 9.59 Å². The minimum absolute atomic E-state index is 0.224. The van der Waals surface area contributed by atoms with Crippen LogP contribution in [-0.4, -0.2) is 28.5 Å². The van der Waals surface area contributed by atoms with Gasteiger partial charge in [0.1, 0.15) is 5.69 Å². The van der Waals surface area contributed by atoms with E-state index in [1.807, 2.05) is 18.2 Å². The molecule has 110 valence electrons. The number of hydrogen-bond donors (Lipinski definition) is 2. The van der Waals surface area contributed by atoms with Crippen LogP contribution in [0.25, 0.3) is 10.9 Å². The average molecular weight is 307 g/mol. The molecule has 0 saturated heterocycles. The van der Waals surface area contributed by atoms with E-state index in [9.17, 15) is 9.59 Å². The molecule has 0 aliphatic carbocycles. The van der Waals surface area contributed by atoms with Gasteiger partial charge in [-0.2, -0.15) is 0 Å². The van der Waals surface area contributed by atoms with Crippen LogP contribution in [0.4, 0.5) is 0 Å². The first-order valence-electron chi connectivity index (χ1n) is 6.55. The first kappa shape index (κ1) is 15.3. The molecule has 0 fully saturated rings. The van der Waals surface area contributed by atoms with Crippen LogP contribution in [0, 0.1) is 5.92 Å². The Balaban J connectivity index is 2.08. The number of carbonyl (C=O) groups excluding carboxylic acids is 1. The van der Waals surface area contributed by atoms with Gasteiger partial charge >= 0.3 is 5.97 Å². The number of carbonyl (C=O) groups is 2. The molecule has 2 N–H and O–H groups in total. The number of carboxylic acids is 1. The minimum atomic E-state index is -0.879. The Morgan fingerprint density at radius 3 is 2.81 bits per heavy atom.